The van der Waals surface area contributed by atoms with Crippen LogP contribution in [0.2, 0.25) is 0 Å². The third-order valence-electron chi connectivity index (χ3n) is 4.14. The average molecular weight is 307 g/mol. The van der Waals surface area contributed by atoms with E-state index < -0.39 is 18.1 Å². The van der Waals surface area contributed by atoms with Crippen molar-refractivity contribution < 1.29 is 22.0 Å². The van der Waals surface area contributed by atoms with E-state index in [2.05, 4.69) is 0 Å². The van der Waals surface area contributed by atoms with Gasteiger partial charge in [-0.1, -0.05) is 43.5 Å². The number of nitrogens with two attached hydrogens (primary N) is 1. The Kier molecular flexibility index (Phi) is 4.56. The predicted octanol–water partition coefficient (Wildman–Crippen LogP) is 4.93. The van der Waals surface area contributed by atoms with Crippen LogP contribution >= 0.6 is 0 Å². The zero-order valence-corrected chi connectivity index (χ0v) is 11.5. The second-order valence-electron chi connectivity index (χ2n) is 5.60. The van der Waals surface area contributed by atoms with E-state index >= 15 is 0 Å². The van der Waals surface area contributed by atoms with E-state index in [1.54, 1.807) is 12.1 Å². The Labute approximate surface area is 120 Å². The Balaban J connectivity index is 2.15. The minimum atomic E-state index is -5.64. The molecular weight excluding hydrogens is 289 g/mol. The van der Waals surface area contributed by atoms with E-state index in [-0.39, 0.29) is 5.56 Å². The summed E-state index contributed by atoms with van der Waals surface area (Å²) >= 11 is 0. The normalized spacial score (nSPS) is 19.5. The second-order valence-corrected chi connectivity index (χ2v) is 5.60. The zero-order chi connectivity index (χ0) is 15.7. The number of halogens is 5. The fourth-order valence-corrected chi connectivity index (χ4v) is 2.80. The van der Waals surface area contributed by atoms with Crippen molar-refractivity contribution in [2.75, 3.05) is 0 Å². The first-order chi connectivity index (χ1) is 9.73. The summed E-state index contributed by atoms with van der Waals surface area (Å²) in [6.45, 7) is 0. The minimum Gasteiger partial charge on any atom is -0.319 e. The number of hydrogen-bond acceptors (Lipinski definition) is 1. The Morgan fingerprint density at radius 3 is 1.90 bits per heavy atom. The second kappa shape index (κ2) is 5.91. The molecule has 1 aromatic carbocycles. The molecule has 2 rings (SSSR count). The smallest absolute Gasteiger partial charge is 0.319 e. The third-order valence-corrected chi connectivity index (χ3v) is 4.14. The first-order valence-electron chi connectivity index (χ1n) is 7.03. The van der Waals surface area contributed by atoms with Gasteiger partial charge in [0.25, 0.3) is 0 Å². The molecule has 0 saturated heterocycles. The highest BCUT2D eigenvalue weighted by Crippen LogP contribution is 2.43. The molecule has 1 nitrogen and oxygen atoms in total. The lowest BCUT2D eigenvalue weighted by atomic mass is 9.83. The molecule has 0 bridgehead atoms. The summed E-state index contributed by atoms with van der Waals surface area (Å²) in [5.41, 5.74) is 5.91. The van der Waals surface area contributed by atoms with Crippen LogP contribution in [-0.4, -0.2) is 12.1 Å². The summed E-state index contributed by atoms with van der Waals surface area (Å²) in [6, 6.07) is 3.44. The van der Waals surface area contributed by atoms with E-state index in [1.807, 2.05) is 0 Å². The van der Waals surface area contributed by atoms with Crippen LogP contribution in [0.1, 0.15) is 55.2 Å². The van der Waals surface area contributed by atoms with Gasteiger partial charge in [0.1, 0.15) is 6.04 Å². The summed E-state index contributed by atoms with van der Waals surface area (Å²) in [5.74, 6) is -4.56. The maximum Gasteiger partial charge on any atom is 0.455 e. The van der Waals surface area contributed by atoms with Gasteiger partial charge in [0, 0.05) is 0 Å². The predicted molar refractivity (Wildman–Crippen MR) is 70.2 cm³/mol. The van der Waals surface area contributed by atoms with Crippen molar-refractivity contribution >= 4 is 0 Å². The fraction of sp³-hybridized carbons (Fsp3) is 0.600. The van der Waals surface area contributed by atoms with Crippen molar-refractivity contribution in [1.29, 1.82) is 0 Å². The van der Waals surface area contributed by atoms with Gasteiger partial charge < -0.3 is 5.73 Å². The van der Waals surface area contributed by atoms with Crippen LogP contribution in [-0.2, 0) is 0 Å². The van der Waals surface area contributed by atoms with Crippen molar-refractivity contribution in [2.45, 2.75) is 56.2 Å². The van der Waals surface area contributed by atoms with Crippen molar-refractivity contribution in [3.8, 4) is 0 Å². The van der Waals surface area contributed by atoms with E-state index in [0.29, 0.717) is 5.92 Å². The average Bonchev–Trinajstić information content (AvgIpc) is 2.46. The third kappa shape index (κ3) is 3.36. The molecule has 0 aromatic heterocycles. The fourth-order valence-electron chi connectivity index (χ4n) is 2.80. The molecule has 0 spiro atoms. The first-order valence-corrected chi connectivity index (χ1v) is 7.03. The van der Waals surface area contributed by atoms with Crippen molar-refractivity contribution in [3.05, 3.63) is 35.4 Å². The van der Waals surface area contributed by atoms with Crippen molar-refractivity contribution in [3.63, 3.8) is 0 Å². The Bertz CT molecular complexity index is 460. The summed E-state index contributed by atoms with van der Waals surface area (Å²) in [4.78, 5) is 0. The van der Waals surface area contributed by atoms with Gasteiger partial charge in [0.15, 0.2) is 0 Å². The highest BCUT2D eigenvalue weighted by atomic mass is 19.4. The van der Waals surface area contributed by atoms with Crippen molar-refractivity contribution in [1.82, 2.24) is 0 Å². The summed E-state index contributed by atoms with van der Waals surface area (Å²) in [5, 5.41) is 0. The SMILES string of the molecule is NC(c1ccc(C2CCCCC2)cc1)C(F)(F)C(F)(F)F. The summed E-state index contributed by atoms with van der Waals surface area (Å²) in [6.07, 6.45) is -0.143. The molecule has 1 saturated carbocycles. The number of benzene rings is 1. The lowest BCUT2D eigenvalue weighted by molar-refractivity contribution is -0.291. The molecule has 0 radical (unpaired) electrons. The van der Waals surface area contributed by atoms with Crippen LogP contribution < -0.4 is 5.73 Å². The van der Waals surface area contributed by atoms with Crippen LogP contribution in [0, 0.1) is 0 Å². The van der Waals surface area contributed by atoms with Crippen LogP contribution in [0.25, 0.3) is 0 Å². The van der Waals surface area contributed by atoms with E-state index in [4.69, 9.17) is 5.73 Å². The molecule has 1 unspecified atom stereocenters. The molecule has 21 heavy (non-hydrogen) atoms. The van der Waals surface area contributed by atoms with Crippen LogP contribution in [0.5, 0.6) is 0 Å². The summed E-state index contributed by atoms with van der Waals surface area (Å²) in [7, 11) is 0. The van der Waals surface area contributed by atoms with Gasteiger partial charge >= 0.3 is 12.1 Å². The molecule has 1 fully saturated rings. The largest absolute Gasteiger partial charge is 0.455 e. The molecule has 0 amide bonds. The minimum absolute atomic E-state index is 0.197. The van der Waals surface area contributed by atoms with Gasteiger partial charge in [-0.3, -0.25) is 0 Å². The van der Waals surface area contributed by atoms with Gasteiger partial charge in [0.05, 0.1) is 0 Å². The number of hydrogen-bond donors (Lipinski definition) is 1. The van der Waals surface area contributed by atoms with E-state index in [0.717, 1.165) is 31.2 Å². The summed E-state index contributed by atoms with van der Waals surface area (Å²) < 4.78 is 63.4. The van der Waals surface area contributed by atoms with Crippen LogP contribution in [0.15, 0.2) is 24.3 Å². The number of rotatable bonds is 3. The van der Waals surface area contributed by atoms with Crippen LogP contribution in [0.3, 0.4) is 0 Å². The topological polar surface area (TPSA) is 26.0 Å². The molecular formula is C15H18F5N. The Morgan fingerprint density at radius 1 is 0.905 bits per heavy atom. The lowest BCUT2D eigenvalue weighted by Gasteiger charge is -2.27. The molecule has 0 heterocycles. The van der Waals surface area contributed by atoms with E-state index in [9.17, 15) is 22.0 Å². The molecule has 1 aliphatic rings. The highest BCUT2D eigenvalue weighted by molar-refractivity contribution is 5.29. The molecule has 1 aliphatic carbocycles. The Hall–Kier alpha value is -1.17. The number of alkyl halides is 5. The maximum absolute atomic E-state index is 13.2. The molecule has 118 valence electrons. The molecule has 1 aromatic rings. The highest BCUT2D eigenvalue weighted by Gasteiger charge is 2.61. The van der Waals surface area contributed by atoms with Crippen molar-refractivity contribution in [2.24, 2.45) is 5.73 Å². The van der Waals surface area contributed by atoms with E-state index in [1.165, 1.54) is 18.6 Å². The molecule has 1 atom stereocenters. The van der Waals surface area contributed by atoms with Gasteiger partial charge in [-0.2, -0.15) is 22.0 Å². The maximum atomic E-state index is 13.2. The van der Waals surface area contributed by atoms with Crippen LogP contribution in [0.4, 0.5) is 22.0 Å². The van der Waals surface area contributed by atoms with Gasteiger partial charge in [-0.25, -0.2) is 0 Å². The first kappa shape index (κ1) is 16.2. The van der Waals surface area contributed by atoms with Gasteiger partial charge in [0.2, 0.25) is 0 Å². The monoisotopic (exact) mass is 307 g/mol. The standard InChI is InChI=1S/C15H18F5N/c16-14(17,15(18,19)20)13(21)12-8-6-11(7-9-12)10-4-2-1-3-5-10/h6-10,13H,1-5,21H2. The molecule has 6 heteroatoms. The zero-order valence-electron chi connectivity index (χ0n) is 11.5. The quantitative estimate of drug-likeness (QED) is 0.787. The Morgan fingerprint density at radius 2 is 1.43 bits per heavy atom. The molecule has 0 aliphatic heterocycles. The molecule has 2 N–H and O–H groups in total. The van der Waals surface area contributed by atoms with Gasteiger partial charge in [-0.15, -0.1) is 0 Å². The lowest BCUT2D eigenvalue weighted by Crippen LogP contribution is -2.45. The van der Waals surface area contributed by atoms with Gasteiger partial charge in [-0.05, 0) is 29.9 Å².